The van der Waals surface area contributed by atoms with Gasteiger partial charge in [0.15, 0.2) is 5.78 Å². The first kappa shape index (κ1) is 20.4. The number of carbonyl (C=O) groups excluding carboxylic acids is 3. The van der Waals surface area contributed by atoms with Gasteiger partial charge < -0.3 is 9.64 Å². The third-order valence-corrected chi connectivity index (χ3v) is 7.58. The van der Waals surface area contributed by atoms with Gasteiger partial charge in [-0.1, -0.05) is 54.6 Å². The number of nitrogens with zero attached hydrogens (tertiary/aromatic N) is 2. The van der Waals surface area contributed by atoms with Crippen molar-refractivity contribution in [3.05, 3.63) is 71.8 Å². The monoisotopic (exact) mass is 442 g/mol. The van der Waals surface area contributed by atoms with E-state index in [9.17, 15) is 14.4 Å². The number of hydrogen-bond donors (Lipinski definition) is 0. The molecule has 3 saturated heterocycles. The highest BCUT2D eigenvalue weighted by atomic mass is 16.5. The van der Waals surface area contributed by atoms with Crippen LogP contribution in [0.15, 0.2) is 60.7 Å². The van der Waals surface area contributed by atoms with Crippen molar-refractivity contribution < 1.29 is 19.1 Å². The van der Waals surface area contributed by atoms with Crippen molar-refractivity contribution >= 4 is 28.9 Å². The maximum Gasteiger partial charge on any atom is 0.235 e. The molecule has 168 valence electrons. The molecule has 4 aliphatic heterocycles. The smallest absolute Gasteiger partial charge is 0.235 e. The number of carbonyl (C=O) groups is 3. The van der Waals surface area contributed by atoms with Crippen LogP contribution in [0.4, 0.5) is 5.69 Å². The van der Waals surface area contributed by atoms with E-state index in [4.69, 9.17) is 4.74 Å². The summed E-state index contributed by atoms with van der Waals surface area (Å²) in [5.74, 6) is -1.81. The Balaban J connectivity index is 1.46. The molecule has 0 aromatic heterocycles. The molecule has 4 aliphatic rings. The molecular weight excluding hydrogens is 416 g/mol. The fraction of sp³-hybridized carbons (Fsp3) is 0.370. The first-order valence-corrected chi connectivity index (χ1v) is 11.7. The zero-order valence-corrected chi connectivity index (χ0v) is 18.5. The maximum absolute atomic E-state index is 13.9. The Bertz CT molecular complexity index is 1170. The van der Waals surface area contributed by atoms with Gasteiger partial charge in [0.25, 0.3) is 0 Å². The molecule has 6 nitrogen and oxygen atoms in total. The van der Waals surface area contributed by atoms with Crippen LogP contribution < -0.4 is 4.90 Å². The van der Waals surface area contributed by atoms with Gasteiger partial charge in [0.1, 0.15) is 6.04 Å². The maximum atomic E-state index is 13.9. The highest BCUT2D eigenvalue weighted by Crippen LogP contribution is 2.50. The lowest BCUT2D eigenvalue weighted by atomic mass is 9.85. The number of Topliss-reactive ketones (excluding diaryl/α,β-unsaturated/α-hetero) is 1. The molecular formula is C27H26N2O4. The van der Waals surface area contributed by atoms with Crippen LogP contribution in [0, 0.1) is 11.8 Å². The van der Waals surface area contributed by atoms with Crippen LogP contribution in [0.2, 0.25) is 0 Å². The van der Waals surface area contributed by atoms with Crippen LogP contribution >= 0.6 is 0 Å². The first-order chi connectivity index (χ1) is 16.1. The minimum atomic E-state index is -0.723. The Morgan fingerprint density at radius 2 is 1.73 bits per heavy atom. The third-order valence-electron chi connectivity index (χ3n) is 7.58. The van der Waals surface area contributed by atoms with Crippen molar-refractivity contribution in [3.8, 4) is 0 Å². The van der Waals surface area contributed by atoms with E-state index in [1.54, 1.807) is 12.1 Å². The molecule has 0 N–H and O–H groups in total. The molecule has 0 unspecified atom stereocenters. The molecule has 3 fully saturated rings. The summed E-state index contributed by atoms with van der Waals surface area (Å²) < 4.78 is 5.71. The first-order valence-electron chi connectivity index (χ1n) is 11.7. The largest absolute Gasteiger partial charge is 0.376 e. The molecule has 0 spiro atoms. The van der Waals surface area contributed by atoms with Crippen molar-refractivity contribution in [1.29, 1.82) is 0 Å². The van der Waals surface area contributed by atoms with Gasteiger partial charge in [-0.3, -0.25) is 19.3 Å². The lowest BCUT2D eigenvalue weighted by molar-refractivity contribution is -0.142. The molecule has 0 radical (unpaired) electrons. The number of fused-ring (bicyclic) bond motifs is 5. The van der Waals surface area contributed by atoms with Crippen molar-refractivity contribution in [3.63, 3.8) is 0 Å². The third kappa shape index (κ3) is 3.00. The number of para-hydroxylation sites is 1. The molecule has 2 aromatic carbocycles. The number of benzene rings is 2. The molecule has 0 saturated carbocycles. The van der Waals surface area contributed by atoms with Crippen molar-refractivity contribution in [2.45, 2.75) is 38.0 Å². The molecule has 33 heavy (non-hydrogen) atoms. The average molecular weight is 443 g/mol. The Hall–Kier alpha value is -3.25. The van der Waals surface area contributed by atoms with E-state index in [-0.39, 0.29) is 36.3 Å². The Morgan fingerprint density at radius 1 is 1.00 bits per heavy atom. The number of ketones is 1. The van der Waals surface area contributed by atoms with Gasteiger partial charge in [0.2, 0.25) is 11.8 Å². The number of anilines is 1. The Kier molecular flexibility index (Phi) is 4.73. The summed E-state index contributed by atoms with van der Waals surface area (Å²) in [5.41, 5.74) is 3.58. The number of ether oxygens (including phenoxy) is 1. The number of likely N-dealkylation sites (tertiary alicyclic amines) is 1. The normalized spacial score (nSPS) is 30.2. The molecule has 6 heteroatoms. The fourth-order valence-corrected chi connectivity index (χ4v) is 6.10. The van der Waals surface area contributed by atoms with Gasteiger partial charge in [-0.15, -0.1) is 0 Å². The number of rotatable bonds is 4. The predicted molar refractivity (Wildman–Crippen MR) is 124 cm³/mol. The summed E-state index contributed by atoms with van der Waals surface area (Å²) in [7, 11) is 0. The van der Waals surface area contributed by atoms with E-state index in [1.165, 1.54) is 4.90 Å². The second kappa shape index (κ2) is 7.66. The van der Waals surface area contributed by atoms with Crippen LogP contribution in [0.5, 0.6) is 0 Å². The van der Waals surface area contributed by atoms with Crippen LogP contribution in [-0.4, -0.2) is 53.8 Å². The second-order valence-electron chi connectivity index (χ2n) is 9.41. The molecule has 4 heterocycles. The molecule has 2 amide bonds. The van der Waals surface area contributed by atoms with E-state index in [1.807, 2.05) is 54.3 Å². The van der Waals surface area contributed by atoms with E-state index >= 15 is 0 Å². The quantitative estimate of drug-likeness (QED) is 0.537. The summed E-state index contributed by atoms with van der Waals surface area (Å²) in [6, 6.07) is 16.0. The summed E-state index contributed by atoms with van der Waals surface area (Å²) >= 11 is 0. The number of allylic oxidation sites excluding steroid dienone is 1. The van der Waals surface area contributed by atoms with Gasteiger partial charge in [0, 0.05) is 23.4 Å². The zero-order valence-electron chi connectivity index (χ0n) is 18.5. The van der Waals surface area contributed by atoms with E-state index in [2.05, 4.69) is 6.08 Å². The average Bonchev–Trinajstić information content (AvgIpc) is 3.53. The summed E-state index contributed by atoms with van der Waals surface area (Å²) in [6.45, 7) is 2.98. The van der Waals surface area contributed by atoms with Crippen LogP contribution in [0.3, 0.4) is 0 Å². The van der Waals surface area contributed by atoms with Gasteiger partial charge >= 0.3 is 0 Å². The van der Waals surface area contributed by atoms with Crippen LogP contribution in [0.25, 0.3) is 5.57 Å². The summed E-state index contributed by atoms with van der Waals surface area (Å²) in [5, 5.41) is 0. The van der Waals surface area contributed by atoms with Crippen molar-refractivity contribution in [2.75, 3.05) is 18.1 Å². The minimum Gasteiger partial charge on any atom is -0.376 e. The van der Waals surface area contributed by atoms with Gasteiger partial charge in [0.05, 0.1) is 30.5 Å². The second-order valence-corrected chi connectivity index (χ2v) is 9.41. The van der Waals surface area contributed by atoms with Gasteiger partial charge in [-0.25, -0.2) is 0 Å². The van der Waals surface area contributed by atoms with Crippen LogP contribution in [0.1, 0.15) is 35.7 Å². The van der Waals surface area contributed by atoms with E-state index in [0.717, 1.165) is 29.7 Å². The Morgan fingerprint density at radius 3 is 2.48 bits per heavy atom. The molecule has 2 aromatic rings. The predicted octanol–water partition coefficient (Wildman–Crippen LogP) is 3.32. The lowest BCUT2D eigenvalue weighted by Crippen LogP contribution is -2.49. The zero-order chi connectivity index (χ0) is 22.7. The molecule has 6 rings (SSSR count). The number of hydrogen-bond acceptors (Lipinski definition) is 5. The fourth-order valence-electron chi connectivity index (χ4n) is 6.10. The minimum absolute atomic E-state index is 0.111. The SMILES string of the molecule is CC1=C[C@@H]2[C@@H]3C(=O)N(C[C@@H]4CCCO4)C(=O)[C@@H]3[C@H](C(=O)c3ccccc3)N2c2ccccc21. The molecule has 0 bridgehead atoms. The van der Waals surface area contributed by atoms with Gasteiger partial charge in [-0.2, -0.15) is 0 Å². The van der Waals surface area contributed by atoms with Gasteiger partial charge in [-0.05, 0) is 31.4 Å². The van der Waals surface area contributed by atoms with E-state index < -0.39 is 17.9 Å². The summed E-state index contributed by atoms with van der Waals surface area (Å²) in [6.07, 6.45) is 3.75. The summed E-state index contributed by atoms with van der Waals surface area (Å²) in [4.78, 5) is 44.6. The van der Waals surface area contributed by atoms with Crippen molar-refractivity contribution in [1.82, 2.24) is 4.90 Å². The standard InChI is InChI=1S/C27H26N2O4/c1-16-14-21-22-23(27(32)28(26(22)31)15-18-10-7-13-33-18)24(25(30)17-8-3-2-4-9-17)29(21)20-12-6-5-11-19(16)20/h2-6,8-9,11-12,14,18,21-24H,7,10,13,15H2,1H3/t18-,21+,22-,23-,24+/m0/s1. The number of amides is 2. The topological polar surface area (TPSA) is 66.9 Å². The lowest BCUT2D eigenvalue weighted by Gasteiger charge is -2.38. The highest BCUT2D eigenvalue weighted by Gasteiger charge is 2.64. The molecule has 0 aliphatic carbocycles. The molecule has 5 atom stereocenters. The number of imide groups is 1. The Labute approximate surface area is 192 Å². The van der Waals surface area contributed by atoms with Crippen molar-refractivity contribution in [2.24, 2.45) is 11.8 Å². The highest BCUT2D eigenvalue weighted by molar-refractivity contribution is 6.14. The van der Waals surface area contributed by atoms with E-state index in [0.29, 0.717) is 12.2 Å². The van der Waals surface area contributed by atoms with Crippen LogP contribution in [-0.2, 0) is 14.3 Å².